The first kappa shape index (κ1) is 17.1. The lowest BCUT2D eigenvalue weighted by atomic mass is 10.2. The van der Waals surface area contributed by atoms with Gasteiger partial charge in [-0.3, -0.25) is 4.90 Å². The Balaban J connectivity index is 1.39. The van der Waals surface area contributed by atoms with E-state index in [0.29, 0.717) is 11.7 Å². The Labute approximate surface area is 157 Å². The van der Waals surface area contributed by atoms with Crippen LogP contribution < -0.4 is 9.64 Å². The van der Waals surface area contributed by atoms with Gasteiger partial charge in [0.05, 0.1) is 18.0 Å². The summed E-state index contributed by atoms with van der Waals surface area (Å²) in [6.45, 7) is 5.96. The summed E-state index contributed by atoms with van der Waals surface area (Å²) in [5.74, 6) is 2.25. The van der Waals surface area contributed by atoms with Crippen molar-refractivity contribution >= 4 is 17.0 Å². The summed E-state index contributed by atoms with van der Waals surface area (Å²) in [4.78, 5) is 10.4. The number of nitrogens with zero attached hydrogens (tertiary/aromatic N) is 4. The normalized spacial score (nSPS) is 16.6. The Hall–Kier alpha value is -2.38. The van der Waals surface area contributed by atoms with Crippen LogP contribution in [0.25, 0.3) is 10.7 Å². The van der Waals surface area contributed by atoms with E-state index in [9.17, 15) is 0 Å². The molecule has 1 atom stereocenters. The van der Waals surface area contributed by atoms with Crippen LogP contribution in [0.4, 0.5) is 5.69 Å². The highest BCUT2D eigenvalue weighted by Gasteiger charge is 2.26. The molecule has 26 heavy (non-hydrogen) atoms. The third kappa shape index (κ3) is 3.45. The van der Waals surface area contributed by atoms with Crippen molar-refractivity contribution < 1.29 is 9.26 Å². The molecule has 2 aromatic heterocycles. The molecule has 0 saturated carbocycles. The van der Waals surface area contributed by atoms with Crippen LogP contribution >= 0.6 is 11.3 Å². The molecule has 0 radical (unpaired) electrons. The van der Waals surface area contributed by atoms with Gasteiger partial charge in [-0.05, 0) is 30.5 Å². The van der Waals surface area contributed by atoms with Crippen molar-refractivity contribution in [1.82, 2.24) is 15.0 Å². The molecule has 1 aliphatic heterocycles. The number of benzene rings is 1. The van der Waals surface area contributed by atoms with Crippen LogP contribution in [-0.4, -0.2) is 48.3 Å². The first-order valence-corrected chi connectivity index (χ1v) is 9.63. The SMILES string of the molecule is COc1cccc(N2CCN(C(C)c3nc(-c4cccs4)no3)CC2)c1. The molecular formula is C19H22N4O2S. The topological polar surface area (TPSA) is 54.6 Å². The van der Waals surface area contributed by atoms with E-state index in [-0.39, 0.29) is 6.04 Å². The van der Waals surface area contributed by atoms with Gasteiger partial charge in [-0.1, -0.05) is 17.3 Å². The molecule has 0 amide bonds. The van der Waals surface area contributed by atoms with Gasteiger partial charge >= 0.3 is 0 Å². The molecule has 0 aliphatic carbocycles. The van der Waals surface area contributed by atoms with Crippen molar-refractivity contribution in [2.24, 2.45) is 0 Å². The van der Waals surface area contributed by atoms with E-state index >= 15 is 0 Å². The van der Waals surface area contributed by atoms with E-state index in [1.807, 2.05) is 29.6 Å². The summed E-state index contributed by atoms with van der Waals surface area (Å²) in [5, 5.41) is 6.15. The van der Waals surface area contributed by atoms with E-state index in [4.69, 9.17) is 9.26 Å². The Morgan fingerprint density at radius 3 is 2.73 bits per heavy atom. The summed E-state index contributed by atoms with van der Waals surface area (Å²) < 4.78 is 10.9. The van der Waals surface area contributed by atoms with Crippen molar-refractivity contribution in [3.8, 4) is 16.5 Å². The fourth-order valence-corrected chi connectivity index (χ4v) is 3.89. The van der Waals surface area contributed by atoms with Crippen LogP contribution in [-0.2, 0) is 0 Å². The third-order valence-corrected chi connectivity index (χ3v) is 5.69. The van der Waals surface area contributed by atoms with Gasteiger partial charge in [0.1, 0.15) is 5.75 Å². The number of thiophene rings is 1. The average molecular weight is 370 g/mol. The van der Waals surface area contributed by atoms with Gasteiger partial charge < -0.3 is 14.2 Å². The molecule has 0 N–H and O–H groups in total. The average Bonchev–Trinajstić information content (AvgIpc) is 3.39. The fourth-order valence-electron chi connectivity index (χ4n) is 3.24. The van der Waals surface area contributed by atoms with Crippen LogP contribution in [0.15, 0.2) is 46.3 Å². The van der Waals surface area contributed by atoms with Gasteiger partial charge in [0, 0.05) is 37.9 Å². The van der Waals surface area contributed by atoms with Gasteiger partial charge in [0.15, 0.2) is 0 Å². The predicted octanol–water partition coefficient (Wildman–Crippen LogP) is 3.69. The predicted molar refractivity (Wildman–Crippen MR) is 103 cm³/mol. The summed E-state index contributed by atoms with van der Waals surface area (Å²) >= 11 is 1.62. The first-order chi connectivity index (χ1) is 12.7. The number of piperazine rings is 1. The minimum Gasteiger partial charge on any atom is -0.497 e. The molecule has 0 bridgehead atoms. The number of methoxy groups -OCH3 is 1. The Bertz CT molecular complexity index is 841. The molecule has 3 aromatic rings. The van der Waals surface area contributed by atoms with E-state index in [1.54, 1.807) is 18.4 Å². The molecule has 1 aromatic carbocycles. The van der Waals surface area contributed by atoms with Crippen LogP contribution in [0.1, 0.15) is 18.9 Å². The fraction of sp³-hybridized carbons (Fsp3) is 0.368. The smallest absolute Gasteiger partial charge is 0.244 e. The number of aromatic nitrogens is 2. The molecule has 1 unspecified atom stereocenters. The summed E-state index contributed by atoms with van der Waals surface area (Å²) in [5.41, 5.74) is 1.20. The number of hydrogen-bond donors (Lipinski definition) is 0. The maximum Gasteiger partial charge on any atom is 0.244 e. The second-order valence-electron chi connectivity index (χ2n) is 6.33. The van der Waals surface area contributed by atoms with E-state index in [0.717, 1.165) is 36.8 Å². The van der Waals surface area contributed by atoms with Crippen molar-refractivity contribution in [3.63, 3.8) is 0 Å². The number of rotatable bonds is 5. The standard InChI is InChI=1S/C19H22N4O2S/c1-14(19-20-18(21-25-19)17-7-4-12-26-17)22-8-10-23(11-9-22)15-5-3-6-16(13-15)24-2/h3-7,12-14H,8-11H2,1-2H3. The molecule has 136 valence electrons. The monoisotopic (exact) mass is 370 g/mol. The Kier molecular flexibility index (Phi) is 4.90. The molecule has 1 aliphatic rings. The minimum atomic E-state index is 0.115. The largest absolute Gasteiger partial charge is 0.497 e. The van der Waals surface area contributed by atoms with Gasteiger partial charge in [0.25, 0.3) is 0 Å². The zero-order valence-corrected chi connectivity index (χ0v) is 15.8. The lowest BCUT2D eigenvalue weighted by molar-refractivity contribution is 0.164. The van der Waals surface area contributed by atoms with Gasteiger partial charge in [-0.25, -0.2) is 0 Å². The first-order valence-electron chi connectivity index (χ1n) is 8.75. The van der Waals surface area contributed by atoms with Gasteiger partial charge in [-0.2, -0.15) is 4.98 Å². The highest BCUT2D eigenvalue weighted by atomic mass is 32.1. The number of anilines is 1. The summed E-state index contributed by atoms with van der Waals surface area (Å²) in [6.07, 6.45) is 0. The van der Waals surface area contributed by atoms with E-state index in [1.165, 1.54) is 5.69 Å². The summed E-state index contributed by atoms with van der Waals surface area (Å²) in [6, 6.07) is 12.4. The van der Waals surface area contributed by atoms with Gasteiger partial charge in [-0.15, -0.1) is 11.3 Å². The van der Waals surface area contributed by atoms with Crippen LogP contribution in [0.5, 0.6) is 5.75 Å². The van der Waals surface area contributed by atoms with Crippen LogP contribution in [0.2, 0.25) is 0 Å². The van der Waals surface area contributed by atoms with Gasteiger partial charge in [0.2, 0.25) is 11.7 Å². The zero-order valence-electron chi connectivity index (χ0n) is 15.0. The lowest BCUT2D eigenvalue weighted by Gasteiger charge is -2.38. The van der Waals surface area contributed by atoms with E-state index < -0.39 is 0 Å². The van der Waals surface area contributed by atoms with Crippen LogP contribution in [0, 0.1) is 0 Å². The van der Waals surface area contributed by atoms with E-state index in [2.05, 4.69) is 39.0 Å². The summed E-state index contributed by atoms with van der Waals surface area (Å²) in [7, 11) is 1.70. The number of hydrogen-bond acceptors (Lipinski definition) is 7. The van der Waals surface area contributed by atoms with Crippen molar-refractivity contribution in [3.05, 3.63) is 47.7 Å². The molecule has 0 spiro atoms. The molecule has 7 heteroatoms. The maximum atomic E-state index is 5.52. The Morgan fingerprint density at radius 2 is 2.00 bits per heavy atom. The highest BCUT2D eigenvalue weighted by molar-refractivity contribution is 7.13. The van der Waals surface area contributed by atoms with Crippen molar-refractivity contribution in [1.29, 1.82) is 0 Å². The zero-order chi connectivity index (χ0) is 17.9. The van der Waals surface area contributed by atoms with Crippen molar-refractivity contribution in [2.45, 2.75) is 13.0 Å². The second kappa shape index (κ2) is 7.47. The lowest BCUT2D eigenvalue weighted by Crippen LogP contribution is -2.47. The second-order valence-corrected chi connectivity index (χ2v) is 7.28. The molecule has 3 heterocycles. The highest BCUT2D eigenvalue weighted by Crippen LogP contribution is 2.27. The number of ether oxygens (including phenoxy) is 1. The third-order valence-electron chi connectivity index (χ3n) is 4.82. The van der Waals surface area contributed by atoms with Crippen molar-refractivity contribution in [2.75, 3.05) is 38.2 Å². The minimum absolute atomic E-state index is 0.115. The molecule has 1 saturated heterocycles. The van der Waals surface area contributed by atoms with Crippen LogP contribution in [0.3, 0.4) is 0 Å². The maximum absolute atomic E-state index is 5.52. The molecule has 6 nitrogen and oxygen atoms in total. The molecular weight excluding hydrogens is 348 g/mol. The molecule has 1 fully saturated rings. The quantitative estimate of drug-likeness (QED) is 0.683. The molecule has 4 rings (SSSR count). The Morgan fingerprint density at radius 1 is 1.15 bits per heavy atom.